The van der Waals surface area contributed by atoms with E-state index in [2.05, 4.69) is 43.0 Å². The Balaban J connectivity index is 0.00000363. The van der Waals surface area contributed by atoms with E-state index in [1.807, 2.05) is 23.1 Å². The Bertz CT molecular complexity index is 1030. The number of carbonyl (C=O) groups is 2. The lowest BCUT2D eigenvalue weighted by Gasteiger charge is -2.27. The molecule has 0 spiro atoms. The fourth-order valence-corrected chi connectivity index (χ4v) is 3.70. The highest BCUT2D eigenvalue weighted by molar-refractivity contribution is 5.97. The van der Waals surface area contributed by atoms with Gasteiger partial charge in [-0.3, -0.25) is 14.8 Å². The van der Waals surface area contributed by atoms with Gasteiger partial charge in [-0.2, -0.15) is 0 Å². The van der Waals surface area contributed by atoms with Gasteiger partial charge in [0.2, 0.25) is 0 Å². The maximum Gasteiger partial charge on any atom is 0.274 e. The first-order chi connectivity index (χ1) is 15.1. The summed E-state index contributed by atoms with van der Waals surface area (Å²) in [6, 6.07) is 20.7. The minimum atomic E-state index is -0.604. The van der Waals surface area contributed by atoms with E-state index in [0.29, 0.717) is 24.2 Å². The predicted octanol–water partition coefficient (Wildman–Crippen LogP) is 4.36. The molecular formula is C25H30ClN3O3. The summed E-state index contributed by atoms with van der Waals surface area (Å²) < 4.78 is 0. The van der Waals surface area contributed by atoms with Gasteiger partial charge in [-0.1, -0.05) is 56.3 Å². The summed E-state index contributed by atoms with van der Waals surface area (Å²) in [5, 5.41) is 11.1. The first kappa shape index (κ1) is 25.3. The number of nitrogens with one attached hydrogen (secondary N) is 1. The summed E-state index contributed by atoms with van der Waals surface area (Å²) in [5.41, 5.74) is 3.51. The van der Waals surface area contributed by atoms with E-state index in [1.165, 1.54) is 0 Å². The van der Waals surface area contributed by atoms with E-state index in [0.717, 1.165) is 36.0 Å². The van der Waals surface area contributed by atoms with Gasteiger partial charge in [0.15, 0.2) is 0 Å². The van der Waals surface area contributed by atoms with E-state index in [1.54, 1.807) is 29.7 Å². The number of benzene rings is 3. The standard InChI is InChI=1S/C25H29N3O3.ClH/c1-3-27(4-2)16-17-28(18-22-10-7-9-19-8-5-6-11-23(19)22)25(30)21-14-12-20(13-15-21)24(29)26-31;/h5-15,31H,3-4,16-18H2,1-2H3,(H,26,29);1H. The lowest BCUT2D eigenvalue weighted by molar-refractivity contribution is 0.0702. The van der Waals surface area contributed by atoms with Crippen LogP contribution in [0.4, 0.5) is 0 Å². The van der Waals surface area contributed by atoms with Crippen LogP contribution in [0.5, 0.6) is 0 Å². The molecule has 6 nitrogen and oxygen atoms in total. The third-order valence-corrected chi connectivity index (χ3v) is 5.60. The van der Waals surface area contributed by atoms with E-state index in [4.69, 9.17) is 5.21 Å². The predicted molar refractivity (Wildman–Crippen MR) is 129 cm³/mol. The maximum atomic E-state index is 13.4. The second-order valence-corrected chi connectivity index (χ2v) is 7.41. The molecule has 3 aromatic rings. The Morgan fingerprint density at radius 1 is 0.844 bits per heavy atom. The number of likely N-dealkylation sites (N-methyl/N-ethyl adjacent to an activating group) is 1. The lowest BCUT2D eigenvalue weighted by atomic mass is 10.0. The SMILES string of the molecule is CCN(CC)CCN(Cc1cccc2ccccc12)C(=O)c1ccc(C(=O)NO)cc1.Cl. The van der Waals surface area contributed by atoms with Crippen LogP contribution in [-0.2, 0) is 6.54 Å². The van der Waals surface area contributed by atoms with Crippen LogP contribution in [0.25, 0.3) is 10.8 Å². The molecule has 7 heteroatoms. The molecule has 0 saturated heterocycles. The summed E-state index contributed by atoms with van der Waals surface area (Å²) in [5.74, 6) is -0.691. The maximum absolute atomic E-state index is 13.4. The van der Waals surface area contributed by atoms with Crippen molar-refractivity contribution >= 4 is 35.0 Å². The van der Waals surface area contributed by atoms with Gasteiger partial charge in [0.25, 0.3) is 11.8 Å². The van der Waals surface area contributed by atoms with Gasteiger partial charge in [-0.15, -0.1) is 12.4 Å². The molecule has 0 atom stereocenters. The molecule has 0 heterocycles. The molecule has 32 heavy (non-hydrogen) atoms. The molecule has 0 aromatic heterocycles. The highest BCUT2D eigenvalue weighted by Crippen LogP contribution is 2.21. The van der Waals surface area contributed by atoms with Crippen LogP contribution in [-0.4, -0.2) is 53.0 Å². The molecule has 0 bridgehead atoms. The lowest BCUT2D eigenvalue weighted by Crippen LogP contribution is -2.38. The normalized spacial score (nSPS) is 10.6. The Morgan fingerprint density at radius 3 is 2.12 bits per heavy atom. The third kappa shape index (κ3) is 6.07. The smallest absolute Gasteiger partial charge is 0.274 e. The molecule has 3 rings (SSSR count). The zero-order chi connectivity index (χ0) is 22.2. The minimum Gasteiger partial charge on any atom is -0.333 e. The number of hydrogen-bond acceptors (Lipinski definition) is 4. The molecule has 0 aliphatic rings. The van der Waals surface area contributed by atoms with Crippen molar-refractivity contribution in [1.82, 2.24) is 15.3 Å². The van der Waals surface area contributed by atoms with Crippen molar-refractivity contribution in [2.45, 2.75) is 20.4 Å². The molecule has 0 fully saturated rings. The number of nitrogens with zero attached hydrogens (tertiary/aromatic N) is 2. The van der Waals surface area contributed by atoms with Crippen LogP contribution in [0.15, 0.2) is 66.7 Å². The Labute approximate surface area is 195 Å². The van der Waals surface area contributed by atoms with Gasteiger partial charge < -0.3 is 9.80 Å². The molecule has 0 unspecified atom stereocenters. The van der Waals surface area contributed by atoms with Crippen molar-refractivity contribution in [3.05, 3.63) is 83.4 Å². The van der Waals surface area contributed by atoms with Crippen molar-refractivity contribution in [3.8, 4) is 0 Å². The van der Waals surface area contributed by atoms with Crippen LogP contribution in [0.3, 0.4) is 0 Å². The van der Waals surface area contributed by atoms with Gasteiger partial charge in [-0.05, 0) is 53.7 Å². The van der Waals surface area contributed by atoms with Crippen LogP contribution in [0.2, 0.25) is 0 Å². The summed E-state index contributed by atoms with van der Waals surface area (Å²) >= 11 is 0. The Kier molecular flexibility index (Phi) is 9.65. The summed E-state index contributed by atoms with van der Waals surface area (Å²) in [6.07, 6.45) is 0. The van der Waals surface area contributed by atoms with Crippen molar-refractivity contribution in [2.24, 2.45) is 0 Å². The molecule has 0 aliphatic carbocycles. The van der Waals surface area contributed by atoms with E-state index < -0.39 is 5.91 Å². The Morgan fingerprint density at radius 2 is 1.47 bits per heavy atom. The number of halogens is 1. The molecule has 2 amide bonds. The van der Waals surface area contributed by atoms with E-state index in [9.17, 15) is 9.59 Å². The first-order valence-corrected chi connectivity index (χ1v) is 10.6. The quantitative estimate of drug-likeness (QED) is 0.371. The summed E-state index contributed by atoms with van der Waals surface area (Å²) in [7, 11) is 0. The van der Waals surface area contributed by atoms with Crippen molar-refractivity contribution in [2.75, 3.05) is 26.2 Å². The Hall–Kier alpha value is -2.93. The van der Waals surface area contributed by atoms with Gasteiger partial charge >= 0.3 is 0 Å². The van der Waals surface area contributed by atoms with Crippen LogP contribution < -0.4 is 5.48 Å². The first-order valence-electron chi connectivity index (χ1n) is 10.6. The number of amides is 2. The topological polar surface area (TPSA) is 72.9 Å². The largest absolute Gasteiger partial charge is 0.333 e. The fraction of sp³-hybridized carbons (Fsp3) is 0.280. The zero-order valence-corrected chi connectivity index (χ0v) is 19.3. The third-order valence-electron chi connectivity index (χ3n) is 5.60. The highest BCUT2D eigenvalue weighted by Gasteiger charge is 2.18. The molecular weight excluding hydrogens is 426 g/mol. The molecule has 2 N–H and O–H groups in total. The fourth-order valence-electron chi connectivity index (χ4n) is 3.70. The molecule has 0 aliphatic heterocycles. The van der Waals surface area contributed by atoms with Gasteiger partial charge in [-0.25, -0.2) is 5.48 Å². The zero-order valence-electron chi connectivity index (χ0n) is 18.5. The number of fused-ring (bicyclic) bond motifs is 1. The monoisotopic (exact) mass is 455 g/mol. The second kappa shape index (κ2) is 12.2. The molecule has 170 valence electrons. The number of carbonyl (C=O) groups excluding carboxylic acids is 2. The van der Waals surface area contributed by atoms with E-state index in [-0.39, 0.29) is 18.3 Å². The van der Waals surface area contributed by atoms with Gasteiger partial charge in [0, 0.05) is 30.8 Å². The second-order valence-electron chi connectivity index (χ2n) is 7.41. The van der Waals surface area contributed by atoms with Crippen LogP contribution in [0.1, 0.15) is 40.1 Å². The van der Waals surface area contributed by atoms with Gasteiger partial charge in [0.05, 0.1) is 0 Å². The summed E-state index contributed by atoms with van der Waals surface area (Å²) in [4.78, 5) is 29.1. The minimum absolute atomic E-state index is 0. The molecule has 0 saturated carbocycles. The van der Waals surface area contributed by atoms with Crippen molar-refractivity contribution in [1.29, 1.82) is 0 Å². The van der Waals surface area contributed by atoms with Crippen LogP contribution >= 0.6 is 12.4 Å². The highest BCUT2D eigenvalue weighted by atomic mass is 35.5. The van der Waals surface area contributed by atoms with Crippen molar-refractivity contribution in [3.63, 3.8) is 0 Å². The summed E-state index contributed by atoms with van der Waals surface area (Å²) in [6.45, 7) is 7.98. The number of hydrogen-bond donors (Lipinski definition) is 2. The molecule has 0 radical (unpaired) electrons. The van der Waals surface area contributed by atoms with Crippen LogP contribution in [0, 0.1) is 0 Å². The van der Waals surface area contributed by atoms with Crippen molar-refractivity contribution < 1.29 is 14.8 Å². The number of hydroxylamine groups is 1. The number of rotatable bonds is 9. The average Bonchev–Trinajstić information content (AvgIpc) is 2.83. The van der Waals surface area contributed by atoms with Gasteiger partial charge in [0.1, 0.15) is 0 Å². The van der Waals surface area contributed by atoms with E-state index >= 15 is 0 Å². The molecule has 3 aromatic carbocycles. The average molecular weight is 456 g/mol.